The summed E-state index contributed by atoms with van der Waals surface area (Å²) < 4.78 is 0. The van der Waals surface area contributed by atoms with Crippen LogP contribution in [0.15, 0.2) is 126 Å². The van der Waals surface area contributed by atoms with Crippen LogP contribution in [0, 0.1) is 13.8 Å². The van der Waals surface area contributed by atoms with Crippen LogP contribution in [0.4, 0.5) is 17.1 Å². The molecule has 2 nitrogen and oxygen atoms in total. The quantitative estimate of drug-likeness (QED) is 0.255. The van der Waals surface area contributed by atoms with Gasteiger partial charge in [0, 0.05) is 23.0 Å². The zero-order valence-electron chi connectivity index (χ0n) is 20.1. The van der Waals surface area contributed by atoms with E-state index in [2.05, 4.69) is 122 Å². The zero-order chi connectivity index (χ0) is 24.0. The first-order valence-electron chi connectivity index (χ1n) is 11.9. The summed E-state index contributed by atoms with van der Waals surface area (Å²) in [7, 11) is 0. The minimum absolute atomic E-state index is 1.02. The molecule has 5 aromatic carbocycles. The fraction of sp³-hybridized carbons (Fsp3) is 0.0606. The van der Waals surface area contributed by atoms with Crippen molar-refractivity contribution in [1.29, 1.82) is 0 Å². The van der Waals surface area contributed by atoms with E-state index in [1.54, 1.807) is 0 Å². The third-order valence-corrected chi connectivity index (χ3v) is 6.18. The van der Waals surface area contributed by atoms with Crippen LogP contribution in [-0.2, 0) is 0 Å². The van der Waals surface area contributed by atoms with E-state index < -0.39 is 0 Å². The first-order chi connectivity index (χ1) is 17.2. The Bertz CT molecular complexity index is 1430. The van der Waals surface area contributed by atoms with Crippen molar-refractivity contribution in [2.75, 3.05) is 5.32 Å². The van der Waals surface area contributed by atoms with Gasteiger partial charge >= 0.3 is 0 Å². The van der Waals surface area contributed by atoms with Crippen LogP contribution in [0.3, 0.4) is 0 Å². The first kappa shape index (κ1) is 22.4. The number of para-hydroxylation sites is 2. The van der Waals surface area contributed by atoms with Gasteiger partial charge in [0.15, 0.2) is 0 Å². The third kappa shape index (κ3) is 5.07. The van der Waals surface area contributed by atoms with E-state index in [0.29, 0.717) is 0 Å². The van der Waals surface area contributed by atoms with Crippen LogP contribution in [0.5, 0.6) is 0 Å². The summed E-state index contributed by atoms with van der Waals surface area (Å²) in [4.78, 5) is 4.98. The standard InChI is InChI=1S/C33H28N2/c1-24-13-12-14-25(2)32(24)34-23-29-21-28(26-15-6-3-7-16-26)22-31(27-17-8-4-9-18-27)33(29)35-30-19-10-5-11-20-30/h3-23,35H,1-2H3/b34-23+. The molecule has 170 valence electrons. The molecule has 0 heterocycles. The Labute approximate surface area is 207 Å². The predicted octanol–water partition coefficient (Wildman–Crippen LogP) is 9.13. The van der Waals surface area contributed by atoms with Gasteiger partial charge in [0.25, 0.3) is 0 Å². The fourth-order valence-electron chi connectivity index (χ4n) is 4.36. The maximum absolute atomic E-state index is 4.98. The first-order valence-corrected chi connectivity index (χ1v) is 11.9. The highest BCUT2D eigenvalue weighted by Gasteiger charge is 2.14. The third-order valence-electron chi connectivity index (χ3n) is 6.18. The second-order valence-corrected chi connectivity index (χ2v) is 8.71. The largest absolute Gasteiger partial charge is 0.354 e. The molecule has 1 N–H and O–H groups in total. The molecule has 0 atom stereocenters. The van der Waals surface area contributed by atoms with Gasteiger partial charge in [0.1, 0.15) is 0 Å². The Kier molecular flexibility index (Phi) is 6.54. The average molecular weight is 453 g/mol. The van der Waals surface area contributed by atoms with Gasteiger partial charge < -0.3 is 5.32 Å². The van der Waals surface area contributed by atoms with E-state index in [1.807, 2.05) is 24.4 Å². The highest BCUT2D eigenvalue weighted by atomic mass is 14.9. The van der Waals surface area contributed by atoms with E-state index in [-0.39, 0.29) is 0 Å². The molecule has 35 heavy (non-hydrogen) atoms. The van der Waals surface area contributed by atoms with E-state index >= 15 is 0 Å². The Balaban J connectivity index is 1.74. The van der Waals surface area contributed by atoms with Crippen molar-refractivity contribution in [2.45, 2.75) is 13.8 Å². The van der Waals surface area contributed by atoms with Gasteiger partial charge in [0.2, 0.25) is 0 Å². The van der Waals surface area contributed by atoms with Crippen LogP contribution in [0.1, 0.15) is 16.7 Å². The number of hydrogen-bond donors (Lipinski definition) is 1. The molecular formula is C33H28N2. The molecule has 0 unspecified atom stereocenters. The smallest absolute Gasteiger partial charge is 0.0688 e. The van der Waals surface area contributed by atoms with Gasteiger partial charge in [0.05, 0.1) is 11.4 Å². The van der Waals surface area contributed by atoms with Crippen LogP contribution >= 0.6 is 0 Å². The van der Waals surface area contributed by atoms with Crippen LogP contribution in [-0.4, -0.2) is 6.21 Å². The Hall–Kier alpha value is -4.43. The lowest BCUT2D eigenvalue weighted by Gasteiger charge is -2.18. The minimum Gasteiger partial charge on any atom is -0.354 e. The van der Waals surface area contributed by atoms with E-state index in [1.165, 1.54) is 16.7 Å². The van der Waals surface area contributed by atoms with E-state index in [0.717, 1.165) is 39.3 Å². The van der Waals surface area contributed by atoms with Gasteiger partial charge in [-0.1, -0.05) is 97.1 Å². The minimum atomic E-state index is 1.02. The predicted molar refractivity (Wildman–Crippen MR) is 150 cm³/mol. The van der Waals surface area contributed by atoms with Gasteiger partial charge in [-0.2, -0.15) is 0 Å². The molecule has 0 amide bonds. The summed E-state index contributed by atoms with van der Waals surface area (Å²) in [6.07, 6.45) is 2.00. The molecule has 5 aromatic rings. The number of hydrogen-bond acceptors (Lipinski definition) is 2. The monoisotopic (exact) mass is 452 g/mol. The summed E-state index contributed by atoms with van der Waals surface area (Å²) >= 11 is 0. The number of nitrogens with zero attached hydrogens (tertiary/aromatic N) is 1. The summed E-state index contributed by atoms with van der Waals surface area (Å²) in [5.74, 6) is 0. The molecule has 2 heteroatoms. The van der Waals surface area contributed by atoms with Crippen molar-refractivity contribution in [3.8, 4) is 22.3 Å². The summed E-state index contributed by atoms with van der Waals surface area (Å²) in [6.45, 7) is 4.22. The van der Waals surface area contributed by atoms with Crippen molar-refractivity contribution in [3.63, 3.8) is 0 Å². The molecule has 0 aliphatic rings. The number of anilines is 2. The van der Waals surface area contributed by atoms with Crippen molar-refractivity contribution in [3.05, 3.63) is 138 Å². The molecule has 0 aliphatic heterocycles. The fourth-order valence-corrected chi connectivity index (χ4v) is 4.36. The lowest BCUT2D eigenvalue weighted by atomic mass is 9.94. The molecule has 0 bridgehead atoms. The molecule has 0 aromatic heterocycles. The summed E-state index contributed by atoms with van der Waals surface area (Å²) in [5.41, 5.74) is 11.1. The maximum atomic E-state index is 4.98. The normalized spacial score (nSPS) is 11.0. The Morgan fingerprint density at radius 1 is 0.571 bits per heavy atom. The molecule has 0 radical (unpaired) electrons. The number of benzene rings is 5. The van der Waals surface area contributed by atoms with Crippen molar-refractivity contribution in [1.82, 2.24) is 0 Å². The highest BCUT2D eigenvalue weighted by Crippen LogP contribution is 2.37. The highest BCUT2D eigenvalue weighted by molar-refractivity contribution is 5.99. The molecule has 0 saturated heterocycles. The second-order valence-electron chi connectivity index (χ2n) is 8.71. The molecule has 0 spiro atoms. The van der Waals surface area contributed by atoms with Crippen LogP contribution < -0.4 is 5.32 Å². The van der Waals surface area contributed by atoms with Crippen molar-refractivity contribution >= 4 is 23.3 Å². The molecule has 5 rings (SSSR count). The van der Waals surface area contributed by atoms with E-state index in [9.17, 15) is 0 Å². The lowest BCUT2D eigenvalue weighted by Crippen LogP contribution is -2.00. The van der Waals surface area contributed by atoms with Gasteiger partial charge in [-0.3, -0.25) is 4.99 Å². The summed E-state index contributed by atoms with van der Waals surface area (Å²) in [6, 6.07) is 42.2. The molecular weight excluding hydrogens is 424 g/mol. The summed E-state index contributed by atoms with van der Waals surface area (Å²) in [5, 5.41) is 3.69. The van der Waals surface area contributed by atoms with Gasteiger partial charge in [-0.15, -0.1) is 0 Å². The van der Waals surface area contributed by atoms with Crippen LogP contribution in [0.25, 0.3) is 22.3 Å². The number of aliphatic imine (C=N–C) groups is 1. The molecule has 0 fully saturated rings. The SMILES string of the molecule is Cc1cccc(C)c1/N=C/c1cc(-c2ccccc2)cc(-c2ccccc2)c1Nc1ccccc1. The van der Waals surface area contributed by atoms with E-state index in [4.69, 9.17) is 4.99 Å². The molecule has 0 saturated carbocycles. The maximum Gasteiger partial charge on any atom is 0.0688 e. The Morgan fingerprint density at radius 2 is 1.14 bits per heavy atom. The number of aryl methyl sites for hydroxylation is 2. The van der Waals surface area contributed by atoms with Gasteiger partial charge in [-0.05, 0) is 65.9 Å². The van der Waals surface area contributed by atoms with Crippen LogP contribution in [0.2, 0.25) is 0 Å². The Morgan fingerprint density at radius 3 is 1.77 bits per heavy atom. The van der Waals surface area contributed by atoms with Crippen molar-refractivity contribution < 1.29 is 0 Å². The lowest BCUT2D eigenvalue weighted by molar-refractivity contribution is 1.33. The topological polar surface area (TPSA) is 24.4 Å². The number of nitrogens with one attached hydrogen (secondary N) is 1. The average Bonchev–Trinajstić information content (AvgIpc) is 2.90. The second kappa shape index (κ2) is 10.2. The van der Waals surface area contributed by atoms with Gasteiger partial charge in [-0.25, -0.2) is 0 Å². The zero-order valence-corrected chi connectivity index (χ0v) is 20.1. The number of rotatable bonds is 6. The molecule has 0 aliphatic carbocycles. The van der Waals surface area contributed by atoms with Crippen molar-refractivity contribution in [2.24, 2.45) is 4.99 Å².